The van der Waals surface area contributed by atoms with E-state index in [1.54, 1.807) is 6.07 Å². The first-order chi connectivity index (χ1) is 14.9. The number of benzene rings is 2. The molecule has 0 atom stereocenters. The second-order valence-electron chi connectivity index (χ2n) is 7.04. The van der Waals surface area contributed by atoms with Crippen LogP contribution in [0.1, 0.15) is 34.2 Å². The predicted octanol–water partition coefficient (Wildman–Crippen LogP) is 4.86. The zero-order valence-corrected chi connectivity index (χ0v) is 19.3. The van der Waals surface area contributed by atoms with E-state index in [9.17, 15) is 9.18 Å². The minimum atomic E-state index is -0.467. The fourth-order valence-electron chi connectivity index (χ4n) is 3.27. The molecule has 1 amide bonds. The van der Waals surface area contributed by atoms with Gasteiger partial charge in [-0.05, 0) is 75.2 Å². The number of hydrogen-bond acceptors (Lipinski definition) is 3. The molecule has 0 aliphatic rings. The Morgan fingerprint density at radius 2 is 1.94 bits per heavy atom. The zero-order chi connectivity index (χ0) is 22.4. The van der Waals surface area contributed by atoms with Crippen LogP contribution < -0.4 is 10.6 Å². The number of hydrogen-bond donors (Lipinski definition) is 2. The third-order valence-corrected chi connectivity index (χ3v) is 5.42. The SMILES string of the molecule is CCn1nc(C)c(CCN=C(NC(=O)c2cccc(F)c2)Nc2ccc(Br)cc2)c1C. The number of halogens is 2. The molecule has 2 aromatic carbocycles. The van der Waals surface area contributed by atoms with Gasteiger partial charge in [0.25, 0.3) is 5.91 Å². The lowest BCUT2D eigenvalue weighted by Crippen LogP contribution is -2.36. The van der Waals surface area contributed by atoms with Crippen LogP contribution in [0.15, 0.2) is 58.0 Å². The summed E-state index contributed by atoms with van der Waals surface area (Å²) in [6, 6.07) is 13.1. The van der Waals surface area contributed by atoms with E-state index in [0.29, 0.717) is 18.9 Å². The monoisotopic (exact) mass is 485 g/mol. The van der Waals surface area contributed by atoms with Crippen molar-refractivity contribution in [1.29, 1.82) is 0 Å². The Morgan fingerprint density at radius 1 is 1.19 bits per heavy atom. The minimum Gasteiger partial charge on any atom is -0.326 e. The summed E-state index contributed by atoms with van der Waals surface area (Å²) in [7, 11) is 0. The van der Waals surface area contributed by atoms with Crippen molar-refractivity contribution in [3.8, 4) is 0 Å². The molecule has 1 aromatic heterocycles. The van der Waals surface area contributed by atoms with E-state index in [-0.39, 0.29) is 5.56 Å². The summed E-state index contributed by atoms with van der Waals surface area (Å²) in [6.45, 7) is 7.37. The van der Waals surface area contributed by atoms with E-state index in [2.05, 4.69) is 50.5 Å². The van der Waals surface area contributed by atoms with Gasteiger partial charge in [-0.2, -0.15) is 5.10 Å². The Hall–Kier alpha value is -3.00. The largest absolute Gasteiger partial charge is 0.326 e. The van der Waals surface area contributed by atoms with Gasteiger partial charge in [-0.3, -0.25) is 19.8 Å². The number of amides is 1. The van der Waals surface area contributed by atoms with Gasteiger partial charge in [-0.15, -0.1) is 0 Å². The van der Waals surface area contributed by atoms with Gasteiger partial charge in [-0.25, -0.2) is 4.39 Å². The van der Waals surface area contributed by atoms with Crippen LogP contribution >= 0.6 is 15.9 Å². The molecule has 2 N–H and O–H groups in total. The molecule has 3 rings (SSSR count). The summed E-state index contributed by atoms with van der Waals surface area (Å²) in [5, 5.41) is 10.4. The fraction of sp³-hybridized carbons (Fsp3) is 0.261. The number of nitrogens with one attached hydrogen (secondary N) is 2. The Balaban J connectivity index is 1.78. The van der Waals surface area contributed by atoms with Gasteiger partial charge in [0.05, 0.1) is 5.69 Å². The maximum absolute atomic E-state index is 13.5. The van der Waals surface area contributed by atoms with Gasteiger partial charge in [-0.1, -0.05) is 22.0 Å². The Kier molecular flexibility index (Phi) is 7.57. The van der Waals surface area contributed by atoms with Crippen molar-refractivity contribution in [3.63, 3.8) is 0 Å². The van der Waals surface area contributed by atoms with Crippen LogP contribution in [-0.2, 0) is 13.0 Å². The Bertz CT molecular complexity index is 1090. The van der Waals surface area contributed by atoms with E-state index in [1.807, 2.05) is 35.9 Å². The topological polar surface area (TPSA) is 71.3 Å². The predicted molar refractivity (Wildman–Crippen MR) is 125 cm³/mol. The van der Waals surface area contributed by atoms with E-state index >= 15 is 0 Å². The second kappa shape index (κ2) is 10.3. The smallest absolute Gasteiger partial charge is 0.258 e. The standard InChI is InChI=1S/C23H25BrFN5O/c1-4-30-16(3)21(15(2)29-30)12-13-26-23(27-20-10-8-18(24)9-11-20)28-22(31)17-6-5-7-19(25)14-17/h5-11,14H,4,12-13H2,1-3H3,(H2,26,27,28,31). The molecule has 31 heavy (non-hydrogen) atoms. The van der Waals surface area contributed by atoms with Crippen LogP contribution in [0.3, 0.4) is 0 Å². The molecule has 0 aliphatic carbocycles. The first-order valence-corrected chi connectivity index (χ1v) is 10.8. The number of nitrogens with zero attached hydrogens (tertiary/aromatic N) is 3. The number of aryl methyl sites for hydroxylation is 2. The van der Waals surface area contributed by atoms with Crippen molar-refractivity contribution in [2.75, 3.05) is 11.9 Å². The second-order valence-corrected chi connectivity index (χ2v) is 7.96. The summed E-state index contributed by atoms with van der Waals surface area (Å²) in [6.07, 6.45) is 0.693. The molecule has 0 saturated carbocycles. The molecule has 0 aliphatic heterocycles. The van der Waals surface area contributed by atoms with Crippen LogP contribution in [0, 0.1) is 19.7 Å². The molecule has 1 heterocycles. The zero-order valence-electron chi connectivity index (χ0n) is 17.7. The van der Waals surface area contributed by atoms with Crippen molar-refractivity contribution in [2.24, 2.45) is 4.99 Å². The number of aromatic nitrogens is 2. The van der Waals surface area contributed by atoms with Crippen molar-refractivity contribution in [1.82, 2.24) is 15.1 Å². The van der Waals surface area contributed by atoms with Crippen LogP contribution in [0.4, 0.5) is 10.1 Å². The summed E-state index contributed by atoms with van der Waals surface area (Å²) in [4.78, 5) is 17.2. The minimum absolute atomic E-state index is 0.223. The van der Waals surface area contributed by atoms with Gasteiger partial charge in [0, 0.05) is 34.5 Å². The Labute approximate surface area is 189 Å². The highest BCUT2D eigenvalue weighted by Gasteiger charge is 2.12. The van der Waals surface area contributed by atoms with Gasteiger partial charge in [0.1, 0.15) is 5.82 Å². The van der Waals surface area contributed by atoms with E-state index < -0.39 is 11.7 Å². The normalized spacial score (nSPS) is 11.5. The first kappa shape index (κ1) is 22.7. The van der Waals surface area contributed by atoms with E-state index in [0.717, 1.165) is 33.7 Å². The van der Waals surface area contributed by atoms with Crippen molar-refractivity contribution >= 4 is 33.5 Å². The lowest BCUT2D eigenvalue weighted by molar-refractivity contribution is 0.0976. The number of carbonyl (C=O) groups is 1. The van der Waals surface area contributed by atoms with Crippen LogP contribution in [-0.4, -0.2) is 28.2 Å². The molecule has 8 heteroatoms. The van der Waals surface area contributed by atoms with E-state index in [1.165, 1.54) is 18.2 Å². The average molecular weight is 486 g/mol. The maximum atomic E-state index is 13.5. The van der Waals surface area contributed by atoms with Crippen molar-refractivity contribution in [3.05, 3.63) is 81.3 Å². The number of aliphatic imine (C=N–C) groups is 1. The molecule has 6 nitrogen and oxygen atoms in total. The molecule has 0 bridgehead atoms. The van der Waals surface area contributed by atoms with Gasteiger partial charge in [0.15, 0.2) is 0 Å². The number of anilines is 1. The molecule has 0 saturated heterocycles. The quantitative estimate of drug-likeness (QED) is 0.386. The van der Waals surface area contributed by atoms with Crippen LogP contribution in [0.25, 0.3) is 0 Å². The Morgan fingerprint density at radius 3 is 2.58 bits per heavy atom. The highest BCUT2D eigenvalue weighted by Crippen LogP contribution is 2.15. The average Bonchev–Trinajstić information content (AvgIpc) is 3.02. The molecule has 0 unspecified atom stereocenters. The highest BCUT2D eigenvalue weighted by molar-refractivity contribution is 9.10. The number of guanidine groups is 1. The van der Waals surface area contributed by atoms with Gasteiger partial charge < -0.3 is 5.32 Å². The van der Waals surface area contributed by atoms with Crippen molar-refractivity contribution in [2.45, 2.75) is 33.7 Å². The fourth-order valence-corrected chi connectivity index (χ4v) is 3.54. The molecule has 3 aromatic rings. The van der Waals surface area contributed by atoms with E-state index in [4.69, 9.17) is 0 Å². The lowest BCUT2D eigenvalue weighted by Gasteiger charge is -2.12. The molecule has 0 fully saturated rings. The van der Waals surface area contributed by atoms with Crippen LogP contribution in [0.2, 0.25) is 0 Å². The van der Waals surface area contributed by atoms with Gasteiger partial charge >= 0.3 is 0 Å². The first-order valence-electron chi connectivity index (χ1n) is 10.0. The molecule has 162 valence electrons. The summed E-state index contributed by atoms with van der Waals surface area (Å²) < 4.78 is 16.4. The maximum Gasteiger partial charge on any atom is 0.258 e. The molecule has 0 radical (unpaired) electrons. The third-order valence-electron chi connectivity index (χ3n) is 4.89. The highest BCUT2D eigenvalue weighted by atomic mass is 79.9. The molecular formula is C23H25BrFN5O. The number of carbonyl (C=O) groups excluding carboxylic acids is 1. The summed E-state index contributed by atoms with van der Waals surface area (Å²) in [5.74, 6) is -0.602. The summed E-state index contributed by atoms with van der Waals surface area (Å²) in [5.41, 5.74) is 4.26. The van der Waals surface area contributed by atoms with Gasteiger partial charge in [0.2, 0.25) is 5.96 Å². The third kappa shape index (κ3) is 6.01. The molecular weight excluding hydrogens is 461 g/mol. The van der Waals surface area contributed by atoms with Crippen LogP contribution in [0.5, 0.6) is 0 Å². The summed E-state index contributed by atoms with van der Waals surface area (Å²) >= 11 is 3.41. The molecule has 0 spiro atoms. The van der Waals surface area contributed by atoms with Crippen molar-refractivity contribution < 1.29 is 9.18 Å². The number of rotatable bonds is 6. The lowest BCUT2D eigenvalue weighted by atomic mass is 10.1.